The number of amides is 2. The lowest BCUT2D eigenvalue weighted by molar-refractivity contribution is -0.148. The van der Waals surface area contributed by atoms with E-state index >= 15 is 0 Å². The van der Waals surface area contributed by atoms with Crippen LogP contribution in [0.5, 0.6) is 0 Å². The molecule has 1 saturated carbocycles. The Kier molecular flexibility index (Phi) is 5.29. The van der Waals surface area contributed by atoms with Crippen LogP contribution in [-0.4, -0.2) is 53.2 Å². The van der Waals surface area contributed by atoms with Crippen LogP contribution >= 0.6 is 0 Å². The number of hydrogen-bond acceptors (Lipinski definition) is 4. The maximum absolute atomic E-state index is 13.0. The van der Waals surface area contributed by atoms with Crippen LogP contribution < -0.4 is 5.32 Å². The first-order valence-corrected chi connectivity index (χ1v) is 11.1. The van der Waals surface area contributed by atoms with Gasteiger partial charge >= 0.3 is 12.1 Å². The molecule has 2 heterocycles. The number of carboxylic acids is 1. The first kappa shape index (κ1) is 21.1. The number of carbonyl (C=O) groups is 3. The second-order valence-corrected chi connectivity index (χ2v) is 8.85. The van der Waals surface area contributed by atoms with Crippen LogP contribution in [0.15, 0.2) is 48.5 Å². The predicted octanol–water partition coefficient (Wildman–Crippen LogP) is 2.85. The van der Waals surface area contributed by atoms with Gasteiger partial charge in [-0.05, 0) is 34.6 Å². The van der Waals surface area contributed by atoms with Gasteiger partial charge in [-0.3, -0.25) is 9.59 Å². The Bertz CT molecular complexity index is 1120. The van der Waals surface area contributed by atoms with E-state index in [0.717, 1.165) is 22.3 Å². The number of aliphatic carboxylic acids is 1. The number of rotatable bonds is 6. The number of carboxylic acid groups (broad SMARTS) is 1. The molecule has 2 aromatic rings. The van der Waals surface area contributed by atoms with Gasteiger partial charge in [0.25, 0.3) is 0 Å². The van der Waals surface area contributed by atoms with E-state index in [1.165, 1.54) is 0 Å². The lowest BCUT2D eigenvalue weighted by atomic mass is 9.74. The van der Waals surface area contributed by atoms with Gasteiger partial charge in [0, 0.05) is 24.9 Å². The van der Waals surface area contributed by atoms with Gasteiger partial charge in [0.05, 0.1) is 5.92 Å². The second kappa shape index (κ2) is 8.28. The summed E-state index contributed by atoms with van der Waals surface area (Å²) in [5, 5.41) is 12.0. The van der Waals surface area contributed by atoms with Crippen LogP contribution in [0, 0.1) is 24.2 Å². The summed E-state index contributed by atoms with van der Waals surface area (Å²) in [7, 11) is 0. The molecule has 2 saturated heterocycles. The van der Waals surface area contributed by atoms with E-state index in [0.29, 0.717) is 13.0 Å². The molecular formula is C26H24N2O5. The van der Waals surface area contributed by atoms with Gasteiger partial charge in [0.2, 0.25) is 5.91 Å². The van der Waals surface area contributed by atoms with Crippen LogP contribution in [0.1, 0.15) is 29.9 Å². The summed E-state index contributed by atoms with van der Waals surface area (Å²) >= 11 is 0. The van der Waals surface area contributed by atoms with Crippen molar-refractivity contribution in [3.05, 3.63) is 59.7 Å². The van der Waals surface area contributed by atoms with E-state index in [1.54, 1.807) is 4.90 Å². The molecule has 4 atom stereocenters. The van der Waals surface area contributed by atoms with Gasteiger partial charge in [-0.15, -0.1) is 12.3 Å². The molecule has 2 amide bonds. The van der Waals surface area contributed by atoms with E-state index in [9.17, 15) is 19.5 Å². The molecule has 33 heavy (non-hydrogen) atoms. The number of ether oxygens (including phenoxy) is 1. The molecule has 2 aliphatic heterocycles. The van der Waals surface area contributed by atoms with Crippen molar-refractivity contribution in [2.24, 2.45) is 11.8 Å². The third kappa shape index (κ3) is 3.52. The van der Waals surface area contributed by atoms with Crippen molar-refractivity contribution in [2.45, 2.75) is 30.8 Å². The molecule has 2 aliphatic carbocycles. The molecule has 0 spiro atoms. The fraction of sp³-hybridized carbons (Fsp3) is 0.346. The Balaban J connectivity index is 1.24. The van der Waals surface area contributed by atoms with Crippen LogP contribution in [0.25, 0.3) is 11.1 Å². The zero-order valence-corrected chi connectivity index (χ0v) is 17.9. The second-order valence-electron chi connectivity index (χ2n) is 8.85. The monoisotopic (exact) mass is 444 g/mol. The Morgan fingerprint density at radius 3 is 2.33 bits per heavy atom. The summed E-state index contributed by atoms with van der Waals surface area (Å²) in [5.41, 5.74) is 4.45. The molecule has 2 N–H and O–H groups in total. The topological polar surface area (TPSA) is 95.9 Å². The minimum Gasteiger partial charge on any atom is -0.481 e. The van der Waals surface area contributed by atoms with E-state index < -0.39 is 24.0 Å². The average Bonchev–Trinajstić information content (AvgIpc) is 3.47. The normalized spacial score (nSPS) is 23.0. The molecule has 6 rings (SSSR count). The highest BCUT2D eigenvalue weighted by molar-refractivity contribution is 5.88. The number of alkyl carbamates (subject to hydrolysis) is 1. The minimum atomic E-state index is -0.945. The van der Waals surface area contributed by atoms with Gasteiger partial charge in [-0.2, -0.15) is 0 Å². The molecule has 4 unspecified atom stereocenters. The van der Waals surface area contributed by atoms with Crippen molar-refractivity contribution in [3.8, 4) is 23.5 Å². The number of terminal acetylenes is 1. The molecule has 3 fully saturated rings. The number of carbonyl (C=O) groups excluding carboxylic acids is 2. The van der Waals surface area contributed by atoms with Crippen molar-refractivity contribution in [1.29, 1.82) is 0 Å². The van der Waals surface area contributed by atoms with E-state index in [4.69, 9.17) is 11.2 Å². The standard InChI is InChI=1S/C26H24N2O5/c1-2-7-21(24(29)28-13-15-12-22(28)23(15)25(30)31)27-26(32)33-14-20-18-10-5-3-8-16(18)17-9-4-6-11-19(17)20/h1,3-6,8-11,15,20-23H,7,12-14H2,(H,27,32)(H,30,31). The number of benzene rings is 2. The van der Waals surface area contributed by atoms with Crippen molar-refractivity contribution >= 4 is 18.0 Å². The SMILES string of the molecule is C#CCC(NC(=O)OCC1c2ccccc2-c2ccccc21)C(=O)N1CC2CC1C2C(=O)O. The average molecular weight is 444 g/mol. The molecule has 7 heteroatoms. The number of nitrogens with one attached hydrogen (secondary N) is 1. The quantitative estimate of drug-likeness (QED) is 0.668. The van der Waals surface area contributed by atoms with Crippen molar-refractivity contribution in [2.75, 3.05) is 13.2 Å². The summed E-state index contributed by atoms with van der Waals surface area (Å²) < 4.78 is 5.54. The summed E-state index contributed by atoms with van der Waals surface area (Å²) in [6, 6.07) is 14.8. The van der Waals surface area contributed by atoms with Crippen molar-refractivity contribution < 1.29 is 24.2 Å². The molecule has 2 aromatic carbocycles. The molecule has 0 radical (unpaired) electrons. The zero-order valence-electron chi connectivity index (χ0n) is 17.9. The maximum atomic E-state index is 13.0. The predicted molar refractivity (Wildman–Crippen MR) is 120 cm³/mol. The van der Waals surface area contributed by atoms with Crippen LogP contribution in [0.4, 0.5) is 4.79 Å². The molecular weight excluding hydrogens is 420 g/mol. The maximum Gasteiger partial charge on any atom is 0.407 e. The first-order chi connectivity index (χ1) is 16.0. The van der Waals surface area contributed by atoms with Crippen LogP contribution in [-0.2, 0) is 14.3 Å². The largest absolute Gasteiger partial charge is 0.481 e. The van der Waals surface area contributed by atoms with Gasteiger partial charge in [-0.1, -0.05) is 48.5 Å². The summed E-state index contributed by atoms with van der Waals surface area (Å²) in [4.78, 5) is 38.6. The third-order valence-corrected chi connectivity index (χ3v) is 7.12. The van der Waals surface area contributed by atoms with Crippen molar-refractivity contribution in [1.82, 2.24) is 10.2 Å². The van der Waals surface area contributed by atoms with Gasteiger partial charge < -0.3 is 20.1 Å². The number of fused-ring (bicyclic) bond motifs is 4. The van der Waals surface area contributed by atoms with Crippen molar-refractivity contribution in [3.63, 3.8) is 0 Å². The fourth-order valence-electron chi connectivity index (χ4n) is 5.54. The summed E-state index contributed by atoms with van der Waals surface area (Å²) in [6.07, 6.45) is 5.40. The van der Waals surface area contributed by atoms with Gasteiger partial charge in [0.1, 0.15) is 12.6 Å². The Labute approximate surface area is 191 Å². The zero-order chi connectivity index (χ0) is 23.1. The number of hydrogen-bond donors (Lipinski definition) is 2. The molecule has 7 nitrogen and oxygen atoms in total. The molecule has 4 aliphatic rings. The highest BCUT2D eigenvalue weighted by Gasteiger charge is 2.57. The van der Waals surface area contributed by atoms with Gasteiger partial charge in [-0.25, -0.2) is 4.79 Å². The third-order valence-electron chi connectivity index (χ3n) is 7.12. The van der Waals surface area contributed by atoms with Crippen LogP contribution in [0.2, 0.25) is 0 Å². The molecule has 2 bridgehead atoms. The fourth-order valence-corrected chi connectivity index (χ4v) is 5.54. The highest BCUT2D eigenvalue weighted by atomic mass is 16.5. The highest BCUT2D eigenvalue weighted by Crippen LogP contribution is 2.47. The Hall–Kier alpha value is -3.79. The first-order valence-electron chi connectivity index (χ1n) is 11.1. The number of nitrogens with zero attached hydrogens (tertiary/aromatic N) is 1. The summed E-state index contributed by atoms with van der Waals surface area (Å²) in [6.45, 7) is 0.514. The van der Waals surface area contributed by atoms with E-state index in [1.807, 2.05) is 36.4 Å². The molecule has 168 valence electrons. The molecule has 0 aromatic heterocycles. The lowest BCUT2D eigenvalue weighted by Gasteiger charge is -2.34. The van der Waals surface area contributed by atoms with Crippen LogP contribution in [0.3, 0.4) is 0 Å². The Morgan fingerprint density at radius 2 is 1.76 bits per heavy atom. The van der Waals surface area contributed by atoms with Gasteiger partial charge in [0.15, 0.2) is 0 Å². The van der Waals surface area contributed by atoms with E-state index in [2.05, 4.69) is 23.4 Å². The lowest BCUT2D eigenvalue weighted by Crippen LogP contribution is -2.51. The smallest absolute Gasteiger partial charge is 0.407 e. The Morgan fingerprint density at radius 1 is 1.12 bits per heavy atom. The summed E-state index contributed by atoms with van der Waals surface area (Å²) in [5.74, 6) is 0.542. The minimum absolute atomic E-state index is 0.00858. The van der Waals surface area contributed by atoms with E-state index in [-0.39, 0.29) is 36.8 Å².